The lowest BCUT2D eigenvalue weighted by molar-refractivity contribution is -0.138. The Balaban J connectivity index is 0.00000841. The molecule has 0 unspecified atom stereocenters. The first kappa shape index (κ1) is 28.7. The highest BCUT2D eigenvalue weighted by molar-refractivity contribution is 7.91. The lowest BCUT2D eigenvalue weighted by Gasteiger charge is -2.26. The molecule has 0 aliphatic heterocycles. The van der Waals surface area contributed by atoms with Crippen molar-refractivity contribution in [2.75, 3.05) is 32.2 Å². The van der Waals surface area contributed by atoms with Crippen LogP contribution in [-0.2, 0) is 32.6 Å². The molecule has 10 heteroatoms. The van der Waals surface area contributed by atoms with Gasteiger partial charge in [0, 0.05) is 19.8 Å². The summed E-state index contributed by atoms with van der Waals surface area (Å²) in [4.78, 5) is 12.8. The van der Waals surface area contributed by atoms with E-state index in [1.165, 1.54) is 17.8 Å². The van der Waals surface area contributed by atoms with Crippen LogP contribution in [0.2, 0.25) is 0 Å². The summed E-state index contributed by atoms with van der Waals surface area (Å²) in [6.07, 6.45) is 0.620. The van der Waals surface area contributed by atoms with Crippen LogP contribution in [0.15, 0.2) is 40.4 Å². The van der Waals surface area contributed by atoms with Gasteiger partial charge in [-0.1, -0.05) is 24.6 Å². The molecule has 7 nitrogen and oxygen atoms in total. The fourth-order valence-corrected chi connectivity index (χ4v) is 6.38. The number of sulfone groups is 1. The van der Waals surface area contributed by atoms with E-state index < -0.39 is 30.4 Å². The van der Waals surface area contributed by atoms with Crippen molar-refractivity contribution in [1.29, 1.82) is 0 Å². The van der Waals surface area contributed by atoms with Gasteiger partial charge in [-0.2, -0.15) is 0 Å². The number of aryl methyl sites for hydroxylation is 1. The van der Waals surface area contributed by atoms with Gasteiger partial charge in [-0.15, -0.1) is 0 Å². The van der Waals surface area contributed by atoms with Gasteiger partial charge in [-0.3, -0.25) is 0 Å². The molecular weight excluding hydrogens is 440 g/mol. The predicted molar refractivity (Wildman–Crippen MR) is 125 cm³/mol. The molecule has 172 valence electrons. The highest BCUT2D eigenvalue weighted by atomic mass is 32.2. The second kappa shape index (κ2) is 13.9. The predicted octanol–water partition coefficient (Wildman–Crippen LogP) is 1.78. The third-order valence-corrected chi connectivity index (χ3v) is 8.27. The van der Waals surface area contributed by atoms with E-state index in [1.807, 2.05) is 13.8 Å². The standard InChI is InChI=1S/C20H32O7SSi.H4Si/c1-6-14-24-20(21)18(16-29(25-7-2,26-8-3)27-9-4)15-28(22,23)19-12-10-17(5)11-13-19;/h10-13,16H,6-9,14-15H2,1-5H3;1H4. The Kier molecular flexibility index (Phi) is 13.3. The maximum Gasteiger partial charge on any atom is 0.530 e. The van der Waals surface area contributed by atoms with E-state index in [4.69, 9.17) is 18.0 Å². The molecule has 0 N–H and O–H groups in total. The van der Waals surface area contributed by atoms with E-state index in [0.29, 0.717) is 26.2 Å². The van der Waals surface area contributed by atoms with Crippen LogP contribution >= 0.6 is 0 Å². The Hall–Kier alpha value is -1.31. The molecule has 0 saturated heterocycles. The minimum Gasteiger partial charge on any atom is -0.462 e. The summed E-state index contributed by atoms with van der Waals surface area (Å²) in [5, 5.41) is 0. The molecule has 0 fully saturated rings. The number of carbonyl (C=O) groups is 1. The number of hydrogen-bond donors (Lipinski definition) is 0. The third kappa shape index (κ3) is 8.82. The average Bonchev–Trinajstić information content (AvgIpc) is 2.66. The zero-order chi connectivity index (χ0) is 21.9. The molecule has 0 atom stereocenters. The van der Waals surface area contributed by atoms with Gasteiger partial charge in [-0.05, 0) is 62.9 Å². The molecule has 30 heavy (non-hydrogen) atoms. The lowest BCUT2D eigenvalue weighted by Crippen LogP contribution is -2.45. The molecule has 1 aromatic rings. The lowest BCUT2D eigenvalue weighted by atomic mass is 10.2. The summed E-state index contributed by atoms with van der Waals surface area (Å²) in [7, 11) is -7.17. The van der Waals surface area contributed by atoms with E-state index in [2.05, 4.69) is 0 Å². The monoisotopic (exact) mass is 476 g/mol. The molecule has 0 aliphatic rings. The normalized spacial score (nSPS) is 12.4. The van der Waals surface area contributed by atoms with Crippen LogP contribution in [0.3, 0.4) is 0 Å². The van der Waals surface area contributed by atoms with Gasteiger partial charge in [0.2, 0.25) is 0 Å². The van der Waals surface area contributed by atoms with Crippen molar-refractivity contribution in [3.05, 3.63) is 41.1 Å². The number of carbonyl (C=O) groups excluding carboxylic acids is 1. The van der Waals surface area contributed by atoms with Crippen LogP contribution in [-0.4, -0.2) is 66.3 Å². The largest absolute Gasteiger partial charge is 0.530 e. The minimum atomic E-state index is -3.78. The summed E-state index contributed by atoms with van der Waals surface area (Å²) < 4.78 is 48.3. The van der Waals surface area contributed by atoms with Gasteiger partial charge >= 0.3 is 14.8 Å². The molecule has 1 rings (SSSR count). The first-order chi connectivity index (χ1) is 13.7. The van der Waals surface area contributed by atoms with Crippen LogP contribution in [0.25, 0.3) is 0 Å². The molecule has 0 saturated carbocycles. The molecule has 0 aromatic heterocycles. The quantitative estimate of drug-likeness (QED) is 0.244. The van der Waals surface area contributed by atoms with Crippen molar-refractivity contribution in [2.45, 2.75) is 45.9 Å². The van der Waals surface area contributed by atoms with E-state index in [0.717, 1.165) is 5.56 Å². The molecule has 1 aromatic carbocycles. The van der Waals surface area contributed by atoms with Crippen molar-refractivity contribution >= 4 is 35.6 Å². The van der Waals surface area contributed by atoms with E-state index >= 15 is 0 Å². The van der Waals surface area contributed by atoms with Crippen molar-refractivity contribution in [3.63, 3.8) is 0 Å². The summed E-state index contributed by atoms with van der Waals surface area (Å²) in [6.45, 7) is 10.2. The summed E-state index contributed by atoms with van der Waals surface area (Å²) in [5.74, 6) is -1.24. The second-order valence-electron chi connectivity index (χ2n) is 6.28. The third-order valence-electron chi connectivity index (χ3n) is 3.81. The van der Waals surface area contributed by atoms with Gasteiger partial charge in [0.1, 0.15) is 0 Å². The molecule has 0 amide bonds. The van der Waals surface area contributed by atoms with Gasteiger partial charge in [0.05, 0.1) is 22.8 Å². The molecule has 0 heterocycles. The fraction of sp³-hybridized carbons (Fsp3) is 0.550. The summed E-state index contributed by atoms with van der Waals surface area (Å²) in [5.41, 5.74) is 2.31. The van der Waals surface area contributed by atoms with Crippen LogP contribution < -0.4 is 0 Å². The van der Waals surface area contributed by atoms with Gasteiger partial charge in [0.25, 0.3) is 0 Å². The molecule has 0 radical (unpaired) electrons. The van der Waals surface area contributed by atoms with Gasteiger partial charge in [-0.25, -0.2) is 13.2 Å². The first-order valence-electron chi connectivity index (χ1n) is 9.83. The van der Waals surface area contributed by atoms with Crippen LogP contribution in [0.1, 0.15) is 39.7 Å². The zero-order valence-corrected chi connectivity index (χ0v) is 19.7. The van der Waals surface area contributed by atoms with Crippen LogP contribution in [0, 0.1) is 6.92 Å². The summed E-state index contributed by atoms with van der Waals surface area (Å²) in [6, 6.07) is 6.48. The van der Waals surface area contributed by atoms with E-state index in [-0.39, 0.29) is 28.0 Å². The van der Waals surface area contributed by atoms with Crippen LogP contribution in [0.4, 0.5) is 0 Å². The second-order valence-corrected chi connectivity index (χ2v) is 10.6. The molecule has 0 bridgehead atoms. The molecule has 0 spiro atoms. The van der Waals surface area contributed by atoms with Crippen molar-refractivity contribution in [3.8, 4) is 0 Å². The average molecular weight is 477 g/mol. The fourth-order valence-electron chi connectivity index (χ4n) is 2.55. The smallest absolute Gasteiger partial charge is 0.462 e. The maximum absolute atomic E-state index is 12.9. The Morgan fingerprint density at radius 1 is 0.967 bits per heavy atom. The Morgan fingerprint density at radius 2 is 1.47 bits per heavy atom. The number of esters is 1. The van der Waals surface area contributed by atoms with E-state index in [9.17, 15) is 13.2 Å². The minimum absolute atomic E-state index is 0. The van der Waals surface area contributed by atoms with Crippen molar-refractivity contribution in [2.24, 2.45) is 0 Å². The topological polar surface area (TPSA) is 88.1 Å². The molecular formula is C20H36O7SSi2. The Bertz CT molecular complexity index is 760. The Morgan fingerprint density at radius 3 is 1.90 bits per heavy atom. The number of rotatable bonds is 13. The maximum atomic E-state index is 12.9. The SMILES string of the molecule is CCCOC(=O)C(=C[Si](OCC)(OCC)OCC)CS(=O)(=O)c1ccc(C)cc1.[SiH4]. The number of hydrogen-bond acceptors (Lipinski definition) is 7. The highest BCUT2D eigenvalue weighted by Crippen LogP contribution is 2.20. The Labute approximate surface area is 186 Å². The van der Waals surface area contributed by atoms with Crippen LogP contribution in [0.5, 0.6) is 0 Å². The molecule has 0 aliphatic carbocycles. The summed E-state index contributed by atoms with van der Waals surface area (Å²) >= 11 is 0. The zero-order valence-electron chi connectivity index (χ0n) is 17.9. The van der Waals surface area contributed by atoms with Gasteiger partial charge in [0.15, 0.2) is 9.84 Å². The number of ether oxygens (including phenoxy) is 1. The number of benzene rings is 1. The van der Waals surface area contributed by atoms with Crippen molar-refractivity contribution < 1.29 is 31.2 Å². The first-order valence-corrected chi connectivity index (χ1v) is 13.3. The van der Waals surface area contributed by atoms with Crippen molar-refractivity contribution in [1.82, 2.24) is 0 Å². The van der Waals surface area contributed by atoms with Gasteiger partial charge < -0.3 is 18.0 Å². The van der Waals surface area contributed by atoms with E-state index in [1.54, 1.807) is 32.9 Å². The highest BCUT2D eigenvalue weighted by Gasteiger charge is 2.40.